The molecule has 8 nitrogen and oxygen atoms in total. The summed E-state index contributed by atoms with van der Waals surface area (Å²) in [5.74, 6) is 0.613. The Morgan fingerprint density at radius 2 is 2.03 bits per heavy atom. The van der Waals surface area contributed by atoms with Crippen molar-refractivity contribution >= 4 is 22.5 Å². The molecule has 0 saturated carbocycles. The molecule has 0 bridgehead atoms. The minimum Gasteiger partial charge on any atom is -0.487 e. The number of para-hydroxylation sites is 1. The molecular weight excluding hydrogens is 476 g/mol. The average molecular weight is 497 g/mol. The van der Waals surface area contributed by atoms with Crippen LogP contribution in [0.3, 0.4) is 0 Å². The van der Waals surface area contributed by atoms with E-state index in [9.17, 15) is 10.1 Å². The highest BCUT2D eigenvalue weighted by Gasteiger charge is 2.15. The maximum absolute atomic E-state index is 12.6. The Labute approximate surface area is 212 Å². The zero-order valence-electron chi connectivity index (χ0n) is 19.6. The number of aromatic nitrogens is 5. The van der Waals surface area contributed by atoms with E-state index < -0.39 is 0 Å². The summed E-state index contributed by atoms with van der Waals surface area (Å²) in [6.07, 6.45) is 6.60. The minimum absolute atomic E-state index is 0.0757. The summed E-state index contributed by atoms with van der Waals surface area (Å²) in [6.45, 7) is 2.30. The Morgan fingerprint density at radius 1 is 1.17 bits per heavy atom. The second kappa shape index (κ2) is 9.64. The molecule has 0 amide bonds. The standard InChI is InChI=1S/C27H21ClN6O2/c1-17-11-21(24-8-9-31-33(24)2)20-6-3-7-25(26(20)32-17)36-16-22-19(13-30-14-23(22)28)15-34-10-4-5-18(12-29)27(34)35/h3-11,13-14H,15-16H2,1-2H3. The fourth-order valence-electron chi connectivity index (χ4n) is 4.20. The number of hydrogen-bond donors (Lipinski definition) is 0. The van der Waals surface area contributed by atoms with Crippen molar-refractivity contribution in [3.63, 3.8) is 0 Å². The van der Waals surface area contributed by atoms with Crippen molar-refractivity contribution in [2.75, 3.05) is 0 Å². The fraction of sp³-hybridized carbons (Fsp3) is 0.148. The minimum atomic E-state index is -0.372. The van der Waals surface area contributed by atoms with E-state index in [-0.39, 0.29) is 24.3 Å². The van der Waals surface area contributed by atoms with Gasteiger partial charge in [0.1, 0.15) is 29.5 Å². The number of nitrogens with zero attached hydrogens (tertiary/aromatic N) is 6. The third kappa shape index (κ3) is 4.32. The van der Waals surface area contributed by atoms with E-state index in [4.69, 9.17) is 21.3 Å². The molecule has 36 heavy (non-hydrogen) atoms. The molecule has 0 atom stereocenters. The molecule has 0 aliphatic carbocycles. The molecule has 5 rings (SSSR count). The highest BCUT2D eigenvalue weighted by Crippen LogP contribution is 2.33. The van der Waals surface area contributed by atoms with Crippen LogP contribution in [0, 0.1) is 18.3 Å². The van der Waals surface area contributed by atoms with Crippen LogP contribution in [-0.4, -0.2) is 24.3 Å². The topological polar surface area (TPSA) is 98.6 Å². The molecule has 5 aromatic rings. The van der Waals surface area contributed by atoms with Gasteiger partial charge in [0.2, 0.25) is 0 Å². The molecule has 0 N–H and O–H groups in total. The van der Waals surface area contributed by atoms with Crippen molar-refractivity contribution in [1.82, 2.24) is 24.3 Å². The van der Waals surface area contributed by atoms with Gasteiger partial charge < -0.3 is 9.30 Å². The maximum atomic E-state index is 12.6. The Bertz CT molecular complexity index is 1700. The Balaban J connectivity index is 1.51. The van der Waals surface area contributed by atoms with Gasteiger partial charge in [0, 0.05) is 54.0 Å². The molecule has 4 heterocycles. The van der Waals surface area contributed by atoms with Crippen LogP contribution >= 0.6 is 11.6 Å². The summed E-state index contributed by atoms with van der Waals surface area (Å²) in [4.78, 5) is 21.5. The van der Waals surface area contributed by atoms with E-state index in [0.29, 0.717) is 16.3 Å². The predicted molar refractivity (Wildman–Crippen MR) is 137 cm³/mol. The summed E-state index contributed by atoms with van der Waals surface area (Å²) < 4.78 is 9.54. The van der Waals surface area contributed by atoms with E-state index in [1.54, 1.807) is 30.9 Å². The van der Waals surface area contributed by atoms with Crippen molar-refractivity contribution in [3.05, 3.63) is 105 Å². The van der Waals surface area contributed by atoms with Crippen molar-refractivity contribution in [2.45, 2.75) is 20.1 Å². The summed E-state index contributed by atoms with van der Waals surface area (Å²) in [5, 5.41) is 14.9. The lowest BCUT2D eigenvalue weighted by Crippen LogP contribution is -2.23. The van der Waals surface area contributed by atoms with Gasteiger partial charge in [0.05, 0.1) is 17.3 Å². The van der Waals surface area contributed by atoms with Crippen molar-refractivity contribution in [3.8, 4) is 23.1 Å². The molecule has 0 unspecified atom stereocenters. The van der Waals surface area contributed by atoms with Gasteiger partial charge in [-0.25, -0.2) is 4.98 Å². The molecule has 0 aliphatic heterocycles. The van der Waals surface area contributed by atoms with Gasteiger partial charge in [-0.3, -0.25) is 14.5 Å². The Hall–Kier alpha value is -4.48. The number of ether oxygens (including phenoxy) is 1. The lowest BCUT2D eigenvalue weighted by Gasteiger charge is -2.15. The largest absolute Gasteiger partial charge is 0.487 e. The molecule has 4 aromatic heterocycles. The first-order valence-corrected chi connectivity index (χ1v) is 11.6. The van der Waals surface area contributed by atoms with Crippen LogP contribution in [0.1, 0.15) is 22.4 Å². The van der Waals surface area contributed by atoms with E-state index in [1.807, 2.05) is 55.1 Å². The molecule has 0 fully saturated rings. The Morgan fingerprint density at radius 3 is 2.81 bits per heavy atom. The van der Waals surface area contributed by atoms with Crippen molar-refractivity contribution < 1.29 is 4.74 Å². The number of fused-ring (bicyclic) bond motifs is 1. The Kier molecular flexibility index (Phi) is 6.23. The third-order valence-electron chi connectivity index (χ3n) is 5.97. The molecule has 1 aromatic carbocycles. The van der Waals surface area contributed by atoms with Crippen LogP contribution in [0.15, 0.2) is 72.0 Å². The van der Waals surface area contributed by atoms with Gasteiger partial charge in [-0.2, -0.15) is 10.4 Å². The molecular formula is C27H21ClN6O2. The lowest BCUT2D eigenvalue weighted by atomic mass is 10.0. The molecule has 0 radical (unpaired) electrons. The van der Waals surface area contributed by atoms with E-state index in [1.165, 1.54) is 10.6 Å². The average Bonchev–Trinajstić information content (AvgIpc) is 3.30. The highest BCUT2D eigenvalue weighted by atomic mass is 35.5. The first kappa shape index (κ1) is 23.3. The van der Waals surface area contributed by atoms with E-state index in [2.05, 4.69) is 10.1 Å². The molecule has 9 heteroatoms. The monoisotopic (exact) mass is 496 g/mol. The van der Waals surface area contributed by atoms with Crippen LogP contribution < -0.4 is 10.3 Å². The number of pyridine rings is 3. The maximum Gasteiger partial charge on any atom is 0.268 e. The number of aryl methyl sites for hydroxylation is 2. The number of nitriles is 1. The van der Waals surface area contributed by atoms with Crippen LogP contribution in [-0.2, 0) is 20.2 Å². The normalized spacial score (nSPS) is 10.9. The van der Waals surface area contributed by atoms with Gasteiger partial charge in [0.15, 0.2) is 0 Å². The predicted octanol–water partition coefficient (Wildman–Crippen LogP) is 4.65. The van der Waals surface area contributed by atoms with Crippen LogP contribution in [0.25, 0.3) is 22.2 Å². The van der Waals surface area contributed by atoms with E-state index in [0.717, 1.165) is 33.4 Å². The fourth-order valence-corrected chi connectivity index (χ4v) is 4.43. The molecule has 0 aliphatic rings. The summed E-state index contributed by atoms with van der Waals surface area (Å²) >= 11 is 6.51. The molecule has 178 valence electrons. The lowest BCUT2D eigenvalue weighted by molar-refractivity contribution is 0.307. The zero-order valence-corrected chi connectivity index (χ0v) is 20.4. The first-order chi connectivity index (χ1) is 17.5. The third-order valence-corrected chi connectivity index (χ3v) is 6.30. The number of benzene rings is 1. The van der Waals surface area contributed by atoms with Gasteiger partial charge in [-0.15, -0.1) is 0 Å². The second-order valence-corrected chi connectivity index (χ2v) is 8.73. The smallest absolute Gasteiger partial charge is 0.268 e. The van der Waals surface area contributed by atoms with Crippen LogP contribution in [0.5, 0.6) is 5.75 Å². The number of hydrogen-bond acceptors (Lipinski definition) is 6. The number of rotatable bonds is 6. The zero-order chi connectivity index (χ0) is 25.2. The summed E-state index contributed by atoms with van der Waals surface area (Å²) in [7, 11) is 1.90. The quantitative estimate of drug-likeness (QED) is 0.339. The highest BCUT2D eigenvalue weighted by molar-refractivity contribution is 6.31. The van der Waals surface area contributed by atoms with Crippen molar-refractivity contribution in [1.29, 1.82) is 5.26 Å². The number of halogens is 1. The SMILES string of the molecule is Cc1cc(-c2ccnn2C)c2cccc(OCc3c(Cl)cncc3Cn3cccc(C#N)c3=O)c2n1. The van der Waals surface area contributed by atoms with Gasteiger partial charge in [0.25, 0.3) is 5.56 Å². The summed E-state index contributed by atoms with van der Waals surface area (Å²) in [5.41, 5.74) is 4.72. The van der Waals surface area contributed by atoms with E-state index >= 15 is 0 Å². The summed E-state index contributed by atoms with van der Waals surface area (Å²) in [6, 6.07) is 14.9. The van der Waals surface area contributed by atoms with Crippen molar-refractivity contribution in [2.24, 2.45) is 7.05 Å². The first-order valence-electron chi connectivity index (χ1n) is 11.2. The van der Waals surface area contributed by atoms with Gasteiger partial charge >= 0.3 is 0 Å². The molecule has 0 spiro atoms. The second-order valence-electron chi connectivity index (χ2n) is 8.32. The van der Waals surface area contributed by atoms with Gasteiger partial charge in [-0.05, 0) is 42.8 Å². The van der Waals surface area contributed by atoms with Crippen LogP contribution in [0.4, 0.5) is 0 Å². The van der Waals surface area contributed by atoms with Crippen LogP contribution in [0.2, 0.25) is 5.02 Å². The molecule has 0 saturated heterocycles. The van der Waals surface area contributed by atoms with Gasteiger partial charge in [-0.1, -0.05) is 23.7 Å².